The van der Waals surface area contributed by atoms with Gasteiger partial charge < -0.3 is 14.6 Å². The monoisotopic (exact) mass is 299 g/mol. The van der Waals surface area contributed by atoms with Crippen LogP contribution in [0.5, 0.6) is 0 Å². The van der Waals surface area contributed by atoms with E-state index in [0.717, 1.165) is 36.5 Å². The van der Waals surface area contributed by atoms with Gasteiger partial charge in [0.15, 0.2) is 0 Å². The number of nitrogens with zero attached hydrogens (tertiary/aromatic N) is 2. The van der Waals surface area contributed by atoms with E-state index >= 15 is 0 Å². The number of hydrogen-bond acceptors (Lipinski definition) is 3. The second-order valence-corrected chi connectivity index (χ2v) is 5.53. The summed E-state index contributed by atoms with van der Waals surface area (Å²) in [5.74, 6) is 0.948. The maximum absolute atomic E-state index is 11.9. The van der Waals surface area contributed by atoms with Gasteiger partial charge in [-0.2, -0.15) is 0 Å². The van der Waals surface area contributed by atoms with Crippen LogP contribution in [0.15, 0.2) is 36.5 Å². The van der Waals surface area contributed by atoms with Crippen molar-refractivity contribution in [3.8, 4) is 5.69 Å². The maximum Gasteiger partial charge on any atom is 0.249 e. The zero-order valence-corrected chi connectivity index (χ0v) is 12.8. The van der Waals surface area contributed by atoms with E-state index < -0.39 is 0 Å². The Labute approximate surface area is 130 Å². The SMILES string of the molecule is Cc1nc(CCNC(=O)C2CCCO2)cn1-c1ccccc1. The topological polar surface area (TPSA) is 56.1 Å². The van der Waals surface area contributed by atoms with Crippen LogP contribution < -0.4 is 5.32 Å². The van der Waals surface area contributed by atoms with E-state index in [0.29, 0.717) is 13.2 Å². The normalized spacial score (nSPS) is 17.6. The molecule has 22 heavy (non-hydrogen) atoms. The third-order valence-corrected chi connectivity index (χ3v) is 3.87. The van der Waals surface area contributed by atoms with E-state index in [4.69, 9.17) is 4.74 Å². The zero-order chi connectivity index (χ0) is 15.4. The predicted octanol–water partition coefficient (Wildman–Crippen LogP) is 2.02. The standard InChI is InChI=1S/C17H21N3O2/c1-13-19-14(12-20(13)15-6-3-2-4-7-15)9-10-18-17(21)16-8-5-11-22-16/h2-4,6-7,12,16H,5,8-11H2,1H3,(H,18,21). The summed E-state index contributed by atoms with van der Waals surface area (Å²) in [6.07, 6.45) is 4.29. The number of carbonyl (C=O) groups is 1. The predicted molar refractivity (Wildman–Crippen MR) is 84.0 cm³/mol. The number of ether oxygens (including phenoxy) is 1. The fourth-order valence-electron chi connectivity index (χ4n) is 2.72. The second-order valence-electron chi connectivity index (χ2n) is 5.53. The molecule has 2 aromatic rings. The van der Waals surface area contributed by atoms with Crippen LogP contribution >= 0.6 is 0 Å². The highest BCUT2D eigenvalue weighted by Crippen LogP contribution is 2.13. The molecule has 0 saturated carbocycles. The number of carbonyl (C=O) groups excluding carboxylic acids is 1. The van der Waals surface area contributed by atoms with Crippen molar-refractivity contribution in [2.75, 3.05) is 13.2 Å². The van der Waals surface area contributed by atoms with Gasteiger partial charge in [0.1, 0.15) is 11.9 Å². The van der Waals surface area contributed by atoms with Crippen molar-refractivity contribution >= 4 is 5.91 Å². The van der Waals surface area contributed by atoms with Crippen molar-refractivity contribution in [2.24, 2.45) is 0 Å². The first-order chi connectivity index (χ1) is 10.7. The number of benzene rings is 1. The van der Waals surface area contributed by atoms with Gasteiger partial charge in [-0.1, -0.05) is 18.2 Å². The molecule has 0 spiro atoms. The van der Waals surface area contributed by atoms with E-state index in [2.05, 4.69) is 27.0 Å². The third-order valence-electron chi connectivity index (χ3n) is 3.87. The fourth-order valence-corrected chi connectivity index (χ4v) is 2.72. The molecule has 1 fully saturated rings. The highest BCUT2D eigenvalue weighted by atomic mass is 16.5. The zero-order valence-electron chi connectivity index (χ0n) is 12.8. The number of para-hydroxylation sites is 1. The van der Waals surface area contributed by atoms with Crippen LogP contribution in [0.3, 0.4) is 0 Å². The molecule has 3 rings (SSSR count). The summed E-state index contributed by atoms with van der Waals surface area (Å²) in [6, 6.07) is 10.1. The van der Waals surface area contributed by atoms with E-state index in [1.54, 1.807) is 0 Å². The van der Waals surface area contributed by atoms with E-state index in [1.165, 1.54) is 0 Å². The Bertz CT molecular complexity index is 631. The number of aromatic nitrogens is 2. The molecule has 0 radical (unpaired) electrons. The average molecular weight is 299 g/mol. The van der Waals surface area contributed by atoms with Crippen molar-refractivity contribution in [3.05, 3.63) is 48.0 Å². The van der Waals surface area contributed by atoms with Crippen LogP contribution in [0.4, 0.5) is 0 Å². The lowest BCUT2D eigenvalue weighted by Crippen LogP contribution is -2.35. The molecule has 0 aliphatic carbocycles. The summed E-state index contributed by atoms with van der Waals surface area (Å²) in [4.78, 5) is 16.4. The Morgan fingerprint density at radius 3 is 2.95 bits per heavy atom. The lowest BCUT2D eigenvalue weighted by molar-refractivity contribution is -0.129. The Balaban J connectivity index is 1.56. The van der Waals surface area contributed by atoms with Crippen LogP contribution in [0.25, 0.3) is 5.69 Å². The summed E-state index contributed by atoms with van der Waals surface area (Å²) < 4.78 is 7.43. The van der Waals surface area contributed by atoms with Crippen molar-refractivity contribution in [1.82, 2.24) is 14.9 Å². The minimum Gasteiger partial charge on any atom is -0.368 e. The molecule has 1 amide bonds. The molecule has 1 aliphatic heterocycles. The largest absolute Gasteiger partial charge is 0.368 e. The first-order valence-corrected chi connectivity index (χ1v) is 7.73. The molecular weight excluding hydrogens is 278 g/mol. The molecule has 1 aromatic heterocycles. The maximum atomic E-state index is 11.9. The van der Waals surface area contributed by atoms with Crippen LogP contribution in [0.2, 0.25) is 0 Å². The Kier molecular flexibility index (Phi) is 4.53. The van der Waals surface area contributed by atoms with Gasteiger partial charge in [-0.05, 0) is 31.9 Å². The van der Waals surface area contributed by atoms with Gasteiger partial charge in [0.05, 0.1) is 5.69 Å². The molecular formula is C17H21N3O2. The molecule has 2 heterocycles. The summed E-state index contributed by atoms with van der Waals surface area (Å²) >= 11 is 0. The third kappa shape index (κ3) is 3.36. The first kappa shape index (κ1) is 14.8. The van der Waals surface area contributed by atoms with E-state index in [9.17, 15) is 4.79 Å². The van der Waals surface area contributed by atoms with Gasteiger partial charge in [0.25, 0.3) is 0 Å². The smallest absolute Gasteiger partial charge is 0.249 e. The van der Waals surface area contributed by atoms with Gasteiger partial charge >= 0.3 is 0 Å². The quantitative estimate of drug-likeness (QED) is 0.919. The van der Waals surface area contributed by atoms with Crippen molar-refractivity contribution in [3.63, 3.8) is 0 Å². The summed E-state index contributed by atoms with van der Waals surface area (Å²) in [7, 11) is 0. The second kappa shape index (κ2) is 6.75. The number of amides is 1. The molecule has 1 atom stereocenters. The van der Waals surface area contributed by atoms with E-state index in [-0.39, 0.29) is 12.0 Å². The van der Waals surface area contributed by atoms with Crippen LogP contribution in [0.1, 0.15) is 24.4 Å². The van der Waals surface area contributed by atoms with Gasteiger partial charge in [0.2, 0.25) is 5.91 Å². The molecule has 5 heteroatoms. The molecule has 1 aromatic carbocycles. The Morgan fingerprint density at radius 1 is 1.41 bits per heavy atom. The number of hydrogen-bond donors (Lipinski definition) is 1. The van der Waals surface area contributed by atoms with Gasteiger partial charge in [0, 0.05) is 31.5 Å². The number of rotatable bonds is 5. The van der Waals surface area contributed by atoms with Crippen molar-refractivity contribution in [1.29, 1.82) is 0 Å². The minimum absolute atomic E-state index is 0.00304. The van der Waals surface area contributed by atoms with Crippen LogP contribution in [-0.2, 0) is 16.0 Å². The number of aryl methyl sites for hydroxylation is 1. The van der Waals surface area contributed by atoms with Gasteiger partial charge in [-0.3, -0.25) is 4.79 Å². The van der Waals surface area contributed by atoms with Gasteiger partial charge in [-0.15, -0.1) is 0 Å². The number of nitrogens with one attached hydrogen (secondary N) is 1. The molecule has 116 valence electrons. The molecule has 1 unspecified atom stereocenters. The minimum atomic E-state index is -0.261. The first-order valence-electron chi connectivity index (χ1n) is 7.73. The molecule has 1 aliphatic rings. The highest BCUT2D eigenvalue weighted by molar-refractivity contribution is 5.80. The fraction of sp³-hybridized carbons (Fsp3) is 0.412. The highest BCUT2D eigenvalue weighted by Gasteiger charge is 2.22. The molecule has 0 bridgehead atoms. The average Bonchev–Trinajstić information content (AvgIpc) is 3.18. The Hall–Kier alpha value is -2.14. The van der Waals surface area contributed by atoms with Crippen LogP contribution in [-0.4, -0.2) is 34.7 Å². The van der Waals surface area contributed by atoms with Gasteiger partial charge in [-0.25, -0.2) is 4.98 Å². The Morgan fingerprint density at radius 2 is 2.23 bits per heavy atom. The summed E-state index contributed by atoms with van der Waals surface area (Å²) in [6.45, 7) is 3.27. The number of imidazole rings is 1. The molecule has 5 nitrogen and oxygen atoms in total. The van der Waals surface area contributed by atoms with Crippen molar-refractivity contribution < 1.29 is 9.53 Å². The van der Waals surface area contributed by atoms with E-state index in [1.807, 2.05) is 31.3 Å². The summed E-state index contributed by atoms with van der Waals surface area (Å²) in [5.41, 5.74) is 2.08. The molecule has 1 N–H and O–H groups in total. The molecule has 1 saturated heterocycles. The summed E-state index contributed by atoms with van der Waals surface area (Å²) in [5, 5.41) is 2.93. The lowest BCUT2D eigenvalue weighted by atomic mass is 10.2. The lowest BCUT2D eigenvalue weighted by Gasteiger charge is -2.09. The van der Waals surface area contributed by atoms with Crippen molar-refractivity contribution in [2.45, 2.75) is 32.3 Å². The van der Waals surface area contributed by atoms with Crippen LogP contribution in [0, 0.1) is 6.92 Å².